The summed E-state index contributed by atoms with van der Waals surface area (Å²) in [5.41, 5.74) is 3.59. The van der Waals surface area contributed by atoms with Crippen molar-refractivity contribution in [2.75, 3.05) is 4.90 Å². The van der Waals surface area contributed by atoms with Crippen molar-refractivity contribution in [2.45, 2.75) is 39.2 Å². The Bertz CT molecular complexity index is 1440. The highest BCUT2D eigenvalue weighted by atomic mass is 32.1. The van der Waals surface area contributed by atoms with Gasteiger partial charge in [0.1, 0.15) is 0 Å². The lowest BCUT2D eigenvalue weighted by molar-refractivity contribution is -0.117. The molecule has 1 unspecified atom stereocenters. The molecule has 6 nitrogen and oxygen atoms in total. The van der Waals surface area contributed by atoms with Crippen molar-refractivity contribution >= 4 is 38.4 Å². The van der Waals surface area contributed by atoms with Gasteiger partial charge in [-0.2, -0.15) is 0 Å². The number of aliphatic hydroxyl groups is 1. The van der Waals surface area contributed by atoms with Crippen molar-refractivity contribution in [3.63, 3.8) is 0 Å². The molecule has 3 heterocycles. The highest BCUT2D eigenvalue weighted by molar-refractivity contribution is 7.22. The number of aliphatic hydroxyl groups excluding tert-OH is 1. The Kier molecular flexibility index (Phi) is 5.17. The molecule has 5 rings (SSSR count). The van der Waals surface area contributed by atoms with E-state index in [2.05, 4.69) is 25.8 Å². The molecule has 34 heavy (non-hydrogen) atoms. The molecule has 172 valence electrons. The van der Waals surface area contributed by atoms with Crippen molar-refractivity contribution in [3.05, 3.63) is 94.6 Å². The summed E-state index contributed by atoms with van der Waals surface area (Å²) in [6.07, 6.45) is 1.39. The lowest BCUT2D eigenvalue weighted by Crippen LogP contribution is -2.31. The van der Waals surface area contributed by atoms with Crippen LogP contribution in [0.15, 0.2) is 76.6 Å². The van der Waals surface area contributed by atoms with Gasteiger partial charge in [-0.1, -0.05) is 62.4 Å². The number of amides is 1. The Morgan fingerprint density at radius 2 is 1.85 bits per heavy atom. The summed E-state index contributed by atoms with van der Waals surface area (Å²) in [6, 6.07) is 15.9. The molecule has 1 N–H and O–H groups in total. The summed E-state index contributed by atoms with van der Waals surface area (Å²) >= 11 is 1.35. The third-order valence-corrected chi connectivity index (χ3v) is 7.05. The minimum absolute atomic E-state index is 0.0149. The minimum atomic E-state index is -0.833. The van der Waals surface area contributed by atoms with E-state index in [0.29, 0.717) is 10.7 Å². The molecule has 0 aliphatic carbocycles. The van der Waals surface area contributed by atoms with Crippen LogP contribution in [0.25, 0.3) is 10.2 Å². The number of hydrogen-bond acceptors (Lipinski definition) is 6. The van der Waals surface area contributed by atoms with E-state index in [-0.39, 0.29) is 16.7 Å². The standard InChI is InChI=1S/C27H24N2O4S/c1-15-7-12-18-20(14-15)34-26(28-18)29-22(16-8-10-17(11-9-16)27(2,3)4)21(24(31)25(29)32)23(30)19-6-5-13-33-19/h5-14,22,31H,1-4H3. The summed E-state index contributed by atoms with van der Waals surface area (Å²) < 4.78 is 6.23. The lowest BCUT2D eigenvalue weighted by Gasteiger charge is -2.25. The van der Waals surface area contributed by atoms with Crippen LogP contribution >= 0.6 is 11.3 Å². The number of ketones is 1. The van der Waals surface area contributed by atoms with Gasteiger partial charge in [-0.25, -0.2) is 4.98 Å². The number of furan rings is 1. The molecule has 0 saturated carbocycles. The quantitative estimate of drug-likeness (QED) is 0.354. The van der Waals surface area contributed by atoms with E-state index in [4.69, 9.17) is 4.42 Å². The van der Waals surface area contributed by atoms with Crippen LogP contribution in [-0.4, -0.2) is 21.8 Å². The maximum Gasteiger partial charge on any atom is 0.296 e. The molecule has 2 aromatic heterocycles. The van der Waals surface area contributed by atoms with E-state index in [1.54, 1.807) is 6.07 Å². The summed E-state index contributed by atoms with van der Waals surface area (Å²) in [6.45, 7) is 8.35. The third kappa shape index (κ3) is 3.62. The first kappa shape index (κ1) is 22.1. The predicted octanol–water partition coefficient (Wildman–Crippen LogP) is 6.28. The number of carbonyl (C=O) groups excluding carboxylic acids is 2. The van der Waals surface area contributed by atoms with Crippen LogP contribution in [-0.2, 0) is 10.2 Å². The van der Waals surface area contributed by atoms with E-state index >= 15 is 0 Å². The number of nitrogens with zero attached hydrogens (tertiary/aromatic N) is 2. The molecule has 0 bridgehead atoms. The molecule has 4 aromatic rings. The highest BCUT2D eigenvalue weighted by Crippen LogP contribution is 2.44. The van der Waals surface area contributed by atoms with Crippen LogP contribution in [0.1, 0.15) is 54.1 Å². The molecule has 1 aliphatic heterocycles. The molecule has 1 aliphatic rings. The van der Waals surface area contributed by atoms with Crippen LogP contribution in [0, 0.1) is 6.92 Å². The molecule has 0 fully saturated rings. The first-order chi connectivity index (χ1) is 16.1. The van der Waals surface area contributed by atoms with E-state index in [9.17, 15) is 14.7 Å². The first-order valence-corrected chi connectivity index (χ1v) is 11.8. The molecule has 1 atom stereocenters. The largest absolute Gasteiger partial charge is 0.503 e. The fraction of sp³-hybridized carbons (Fsp3) is 0.222. The zero-order valence-electron chi connectivity index (χ0n) is 19.3. The summed E-state index contributed by atoms with van der Waals surface area (Å²) in [5, 5.41) is 11.3. The number of thiazole rings is 1. The van der Waals surface area contributed by atoms with E-state index in [1.165, 1.54) is 28.6 Å². The van der Waals surface area contributed by atoms with Gasteiger partial charge < -0.3 is 9.52 Å². The van der Waals surface area contributed by atoms with Crippen LogP contribution in [0.3, 0.4) is 0 Å². The van der Waals surface area contributed by atoms with E-state index in [0.717, 1.165) is 21.3 Å². The Morgan fingerprint density at radius 1 is 1.12 bits per heavy atom. The van der Waals surface area contributed by atoms with Crippen LogP contribution in [0.2, 0.25) is 0 Å². The van der Waals surface area contributed by atoms with Crippen LogP contribution in [0.4, 0.5) is 5.13 Å². The van der Waals surface area contributed by atoms with Crippen molar-refractivity contribution in [1.82, 2.24) is 4.98 Å². The topological polar surface area (TPSA) is 83.6 Å². The fourth-order valence-corrected chi connectivity index (χ4v) is 5.27. The van der Waals surface area contributed by atoms with Crippen molar-refractivity contribution in [2.24, 2.45) is 0 Å². The van der Waals surface area contributed by atoms with Crippen LogP contribution < -0.4 is 4.90 Å². The number of rotatable bonds is 4. The second-order valence-electron chi connectivity index (χ2n) is 9.49. The number of hydrogen-bond donors (Lipinski definition) is 1. The summed E-state index contributed by atoms with van der Waals surface area (Å²) in [5.74, 6) is -1.70. The van der Waals surface area contributed by atoms with Gasteiger partial charge in [0, 0.05) is 0 Å². The molecular weight excluding hydrogens is 448 g/mol. The number of Topliss-reactive ketones (excluding diaryl/α,β-unsaturated/α-hetero) is 1. The SMILES string of the molecule is Cc1ccc2nc(N3C(=O)C(O)=C(C(=O)c4ccco4)C3c3ccc(C(C)(C)C)cc3)sc2c1. The Hall–Kier alpha value is -3.71. The number of carbonyl (C=O) groups is 2. The molecule has 1 amide bonds. The molecule has 0 saturated heterocycles. The maximum atomic E-state index is 13.4. The maximum absolute atomic E-state index is 13.4. The van der Waals surface area contributed by atoms with Gasteiger partial charge >= 0.3 is 0 Å². The number of benzene rings is 2. The minimum Gasteiger partial charge on any atom is -0.503 e. The van der Waals surface area contributed by atoms with Gasteiger partial charge in [0.2, 0.25) is 5.78 Å². The number of aryl methyl sites for hydroxylation is 1. The van der Waals surface area contributed by atoms with Crippen molar-refractivity contribution < 1.29 is 19.1 Å². The molecule has 2 aromatic carbocycles. The zero-order valence-corrected chi connectivity index (χ0v) is 20.1. The van der Waals surface area contributed by atoms with Gasteiger partial charge in [-0.15, -0.1) is 0 Å². The summed E-state index contributed by atoms with van der Waals surface area (Å²) in [7, 11) is 0. The average molecular weight is 473 g/mol. The van der Waals surface area contributed by atoms with Gasteiger partial charge in [0.15, 0.2) is 16.7 Å². The lowest BCUT2D eigenvalue weighted by atomic mass is 9.85. The second-order valence-corrected chi connectivity index (χ2v) is 10.5. The number of anilines is 1. The Morgan fingerprint density at radius 3 is 2.50 bits per heavy atom. The predicted molar refractivity (Wildman–Crippen MR) is 132 cm³/mol. The average Bonchev–Trinajstić information content (AvgIpc) is 3.52. The number of fused-ring (bicyclic) bond motifs is 1. The van der Waals surface area contributed by atoms with Gasteiger partial charge in [-0.05, 0) is 53.3 Å². The van der Waals surface area contributed by atoms with Gasteiger partial charge in [-0.3, -0.25) is 14.5 Å². The van der Waals surface area contributed by atoms with Crippen molar-refractivity contribution in [3.8, 4) is 0 Å². The zero-order chi connectivity index (χ0) is 24.2. The normalized spacial score (nSPS) is 16.6. The summed E-state index contributed by atoms with van der Waals surface area (Å²) in [4.78, 5) is 32.8. The molecule has 7 heteroatoms. The van der Waals surface area contributed by atoms with Crippen LogP contribution in [0.5, 0.6) is 0 Å². The smallest absolute Gasteiger partial charge is 0.296 e. The molecule has 0 radical (unpaired) electrons. The Labute approximate surface area is 201 Å². The fourth-order valence-electron chi connectivity index (χ4n) is 4.18. The second kappa shape index (κ2) is 7.95. The Balaban J connectivity index is 1.67. The molecule has 0 spiro atoms. The van der Waals surface area contributed by atoms with Crippen molar-refractivity contribution in [1.29, 1.82) is 0 Å². The monoisotopic (exact) mass is 472 g/mol. The molecular formula is C27H24N2O4S. The first-order valence-electron chi connectivity index (χ1n) is 11.0. The van der Waals surface area contributed by atoms with Gasteiger partial charge in [0.25, 0.3) is 5.91 Å². The third-order valence-electron chi connectivity index (χ3n) is 6.03. The van der Waals surface area contributed by atoms with Gasteiger partial charge in [0.05, 0.1) is 28.1 Å². The van der Waals surface area contributed by atoms with E-state index < -0.39 is 23.5 Å². The van der Waals surface area contributed by atoms with E-state index in [1.807, 2.05) is 49.4 Å². The highest BCUT2D eigenvalue weighted by Gasteiger charge is 2.46. The number of aromatic nitrogens is 1.